The second-order valence-electron chi connectivity index (χ2n) is 1.03. The second kappa shape index (κ2) is 12.3. The average Bonchev–Trinajstić information content (AvgIpc) is 1.19. The number of aliphatic carboxylic acids is 1. The average molecular weight is 438 g/mol. The fraction of sp³-hybridized carbons (Fsp3) is 0.500. The molecule has 11 heavy (non-hydrogen) atoms. The summed E-state index contributed by atoms with van der Waals surface area (Å²) in [5.41, 5.74) is 0. The van der Waals surface area contributed by atoms with Crippen molar-refractivity contribution >= 4 is 13.8 Å². The number of rotatable bonds is 0. The summed E-state index contributed by atoms with van der Waals surface area (Å²) in [7, 11) is -4.64. The SMILES string of the molecule is CC(=O)O.O=P(O)(O)O.[Ce].[Ce]. The van der Waals surface area contributed by atoms with Gasteiger partial charge in [-0.15, -0.1) is 0 Å². The summed E-state index contributed by atoms with van der Waals surface area (Å²) in [4.78, 5) is 30.6. The first-order chi connectivity index (χ1) is 3.73. The molecule has 0 atom stereocenters. The summed E-state index contributed by atoms with van der Waals surface area (Å²) in [6, 6.07) is 0. The summed E-state index contributed by atoms with van der Waals surface area (Å²) in [5, 5.41) is 7.42. The van der Waals surface area contributed by atoms with E-state index in [-0.39, 0.29) is 83.5 Å². The van der Waals surface area contributed by atoms with Crippen LogP contribution in [0.25, 0.3) is 0 Å². The Kier molecular flexibility index (Phi) is 26.1. The standard InChI is InChI=1S/C2H4O2.2Ce.H3O4P/c1-2(3)4;;;1-5(2,3)4/h1H3,(H,3,4);;;(H3,1,2,3,4). The zero-order valence-electron chi connectivity index (χ0n) is 5.55. The maximum Gasteiger partial charge on any atom is 0.466 e. The van der Waals surface area contributed by atoms with Crippen molar-refractivity contribution in [2.24, 2.45) is 0 Å². The fourth-order valence-corrected chi connectivity index (χ4v) is 0. The van der Waals surface area contributed by atoms with Crippen molar-refractivity contribution < 1.29 is 113 Å². The van der Waals surface area contributed by atoms with Crippen molar-refractivity contribution in [2.75, 3.05) is 0 Å². The van der Waals surface area contributed by atoms with Gasteiger partial charge in [0.1, 0.15) is 0 Å². The van der Waals surface area contributed by atoms with E-state index in [2.05, 4.69) is 0 Å². The molecule has 0 aliphatic carbocycles. The van der Waals surface area contributed by atoms with Gasteiger partial charge in [-0.25, -0.2) is 4.57 Å². The Morgan fingerprint density at radius 3 is 1.18 bits per heavy atom. The van der Waals surface area contributed by atoms with Crippen molar-refractivity contribution in [3.8, 4) is 0 Å². The molecule has 0 aliphatic heterocycles. The van der Waals surface area contributed by atoms with Crippen molar-refractivity contribution in [2.45, 2.75) is 6.92 Å². The van der Waals surface area contributed by atoms with E-state index in [1.807, 2.05) is 0 Å². The van der Waals surface area contributed by atoms with Gasteiger partial charge in [-0.1, -0.05) is 0 Å². The summed E-state index contributed by atoms with van der Waals surface area (Å²) >= 11 is 0. The molecule has 0 saturated heterocycles. The number of carbonyl (C=O) groups is 1. The van der Waals surface area contributed by atoms with Crippen LogP contribution in [0.2, 0.25) is 0 Å². The second-order valence-corrected chi connectivity index (χ2v) is 2.06. The third-order valence-electron chi connectivity index (χ3n) is 0. The molecule has 9 heteroatoms. The molecule has 0 radical (unpaired) electrons. The molecule has 0 aliphatic rings. The summed E-state index contributed by atoms with van der Waals surface area (Å²) in [6.07, 6.45) is 0. The van der Waals surface area contributed by atoms with Gasteiger partial charge in [0.15, 0.2) is 0 Å². The molecule has 0 unspecified atom stereocenters. The molecule has 4 N–H and O–H groups in total. The Morgan fingerprint density at radius 1 is 1.18 bits per heavy atom. The van der Waals surface area contributed by atoms with Gasteiger partial charge in [-0.2, -0.15) is 0 Å². The van der Waals surface area contributed by atoms with E-state index in [4.69, 9.17) is 29.1 Å². The molecule has 0 saturated carbocycles. The molecule has 0 fully saturated rings. The molecule has 0 aromatic rings. The zero-order valence-corrected chi connectivity index (χ0v) is 12.7. The molecule has 64 valence electrons. The molecule has 0 aromatic carbocycles. The first kappa shape index (κ1) is 23.3. The van der Waals surface area contributed by atoms with Crippen LogP contribution < -0.4 is 0 Å². The van der Waals surface area contributed by atoms with E-state index >= 15 is 0 Å². The van der Waals surface area contributed by atoms with Crippen LogP contribution in [0.5, 0.6) is 0 Å². The third kappa shape index (κ3) is 242. The van der Waals surface area contributed by atoms with Crippen molar-refractivity contribution in [1.82, 2.24) is 0 Å². The fourth-order valence-electron chi connectivity index (χ4n) is 0. The number of phosphoric acid groups is 1. The molecule has 0 spiro atoms. The van der Waals surface area contributed by atoms with E-state index in [0.29, 0.717) is 0 Å². The summed E-state index contributed by atoms with van der Waals surface area (Å²) < 4.78 is 8.88. The molecule has 0 amide bonds. The molecule has 0 heterocycles. The van der Waals surface area contributed by atoms with Gasteiger partial charge in [-0.3, -0.25) is 4.79 Å². The predicted octanol–water partition coefficient (Wildman–Crippen LogP) is -0.838. The molecule has 6 nitrogen and oxygen atoms in total. The largest absolute Gasteiger partial charge is 0.481 e. The third-order valence-corrected chi connectivity index (χ3v) is 0. The number of carboxylic acids is 1. The minimum Gasteiger partial charge on any atom is -0.481 e. The minimum absolute atomic E-state index is 0. The van der Waals surface area contributed by atoms with Crippen LogP contribution in [-0.4, -0.2) is 25.8 Å². The Balaban J connectivity index is -0.0000000383. The normalized spacial score (nSPS) is 7.64. The van der Waals surface area contributed by atoms with Gasteiger partial charge < -0.3 is 19.8 Å². The Hall–Kier alpha value is 2.33. The molecule has 0 aromatic heterocycles. The van der Waals surface area contributed by atoms with Gasteiger partial charge in [0.25, 0.3) is 5.97 Å². The van der Waals surface area contributed by atoms with Crippen LogP contribution in [0.3, 0.4) is 0 Å². The summed E-state index contributed by atoms with van der Waals surface area (Å²) in [6.45, 7) is 1.08. The first-order valence-electron chi connectivity index (χ1n) is 1.71. The maximum atomic E-state index is 9.00. The van der Waals surface area contributed by atoms with Gasteiger partial charge in [0.2, 0.25) is 0 Å². The summed E-state index contributed by atoms with van der Waals surface area (Å²) in [5.74, 6) is -0.833. The first-order valence-corrected chi connectivity index (χ1v) is 3.28. The maximum absolute atomic E-state index is 9.00. The van der Waals surface area contributed by atoms with Crippen molar-refractivity contribution in [3.63, 3.8) is 0 Å². The van der Waals surface area contributed by atoms with E-state index in [9.17, 15) is 0 Å². The minimum atomic E-state index is -4.64. The molecule has 0 rings (SSSR count). The van der Waals surface area contributed by atoms with Crippen LogP contribution in [0, 0.1) is 83.5 Å². The van der Waals surface area contributed by atoms with Crippen LogP contribution >= 0.6 is 7.82 Å². The van der Waals surface area contributed by atoms with Gasteiger partial charge in [0.05, 0.1) is 0 Å². The van der Waals surface area contributed by atoms with E-state index in [0.717, 1.165) is 6.92 Å². The monoisotopic (exact) mass is 438 g/mol. The van der Waals surface area contributed by atoms with Crippen molar-refractivity contribution in [3.05, 3.63) is 0 Å². The number of carboxylic acid groups (broad SMARTS) is 1. The number of hydrogen-bond acceptors (Lipinski definition) is 2. The van der Waals surface area contributed by atoms with Gasteiger partial charge in [-0.05, 0) is 0 Å². The number of hydrogen-bond donors (Lipinski definition) is 4. The molecular formula is C2H7Ce2O6P. The van der Waals surface area contributed by atoms with E-state index in [1.54, 1.807) is 0 Å². The zero-order chi connectivity index (χ0) is 8.08. The van der Waals surface area contributed by atoms with Crippen molar-refractivity contribution in [1.29, 1.82) is 0 Å². The predicted molar refractivity (Wildman–Crippen MR) is 27.6 cm³/mol. The van der Waals surface area contributed by atoms with Crippen LogP contribution in [0.1, 0.15) is 6.92 Å². The topological polar surface area (TPSA) is 115 Å². The van der Waals surface area contributed by atoms with Crippen LogP contribution in [0.4, 0.5) is 0 Å². The Labute approximate surface area is 131 Å². The Bertz CT molecular complexity index is 118. The van der Waals surface area contributed by atoms with E-state index in [1.165, 1.54) is 0 Å². The van der Waals surface area contributed by atoms with E-state index < -0.39 is 13.8 Å². The van der Waals surface area contributed by atoms with Crippen LogP contribution in [-0.2, 0) is 9.36 Å². The van der Waals surface area contributed by atoms with Gasteiger partial charge >= 0.3 is 7.82 Å². The smallest absolute Gasteiger partial charge is 0.466 e. The molecule has 0 bridgehead atoms. The van der Waals surface area contributed by atoms with Gasteiger partial charge in [0, 0.05) is 90.4 Å². The Morgan fingerprint density at radius 2 is 1.18 bits per heavy atom. The molecular weight excluding hydrogens is 431 g/mol. The van der Waals surface area contributed by atoms with Crippen LogP contribution in [0.15, 0.2) is 0 Å². The quantitative estimate of drug-likeness (QED) is 0.367.